The first kappa shape index (κ1) is 12.9. The van der Waals surface area contributed by atoms with Gasteiger partial charge in [-0.25, -0.2) is 4.98 Å². The number of halogens is 2. The Labute approximate surface area is 125 Å². The van der Waals surface area contributed by atoms with Crippen LogP contribution in [0.5, 0.6) is 0 Å². The lowest BCUT2D eigenvalue weighted by molar-refractivity contribution is 0.0970. The van der Waals surface area contributed by atoms with Crippen LogP contribution in [0.25, 0.3) is 0 Å². The topological polar surface area (TPSA) is 34.2 Å². The van der Waals surface area contributed by atoms with Gasteiger partial charge in [0.1, 0.15) is 0 Å². The smallest absolute Gasteiger partial charge is 0.152 e. The van der Waals surface area contributed by atoms with Crippen molar-refractivity contribution >= 4 is 33.2 Å². The van der Waals surface area contributed by atoms with Crippen molar-refractivity contribution in [3.8, 4) is 0 Å². The average molecular weight is 340 g/mol. The van der Waals surface area contributed by atoms with Gasteiger partial charge in [-0.2, -0.15) is 0 Å². The largest absolute Gasteiger partial charge is 0.374 e. The average Bonchev–Trinajstić information content (AvgIpc) is 2.43. The molecule has 0 aliphatic carbocycles. The number of anilines is 1. The molecule has 0 radical (unpaired) electrons. The molecule has 5 heteroatoms. The number of rotatable bonds is 2. The normalized spacial score (nSPS) is 17.9. The summed E-state index contributed by atoms with van der Waals surface area (Å²) in [5.74, 6) is 0. The van der Waals surface area contributed by atoms with E-state index in [9.17, 15) is 0 Å². The maximum atomic E-state index is 6.11. The summed E-state index contributed by atoms with van der Waals surface area (Å²) >= 11 is 9.51. The van der Waals surface area contributed by atoms with E-state index >= 15 is 0 Å². The number of aromatic nitrogens is 1. The third-order valence-electron chi connectivity index (χ3n) is 3.11. The van der Waals surface area contributed by atoms with E-state index in [1.807, 2.05) is 18.2 Å². The molecular formula is C14H12BrClN2O. The van der Waals surface area contributed by atoms with E-state index in [-0.39, 0.29) is 6.04 Å². The van der Waals surface area contributed by atoms with Crippen LogP contribution in [0.1, 0.15) is 17.2 Å². The zero-order valence-electron chi connectivity index (χ0n) is 10.1. The summed E-state index contributed by atoms with van der Waals surface area (Å²) in [4.78, 5) is 4.12. The standard InChI is InChI=1S/C14H12BrClN2O/c15-10-5-12(14(16)17-6-10)18-13-8-19-7-9-3-1-2-4-11(9)13/h1-6,13,18H,7-8H2. The van der Waals surface area contributed by atoms with Crippen LogP contribution in [-0.2, 0) is 11.3 Å². The van der Waals surface area contributed by atoms with Gasteiger partial charge in [0.15, 0.2) is 5.15 Å². The molecule has 3 rings (SSSR count). The van der Waals surface area contributed by atoms with Crippen molar-refractivity contribution in [2.75, 3.05) is 11.9 Å². The number of hydrogen-bond acceptors (Lipinski definition) is 3. The molecule has 3 nitrogen and oxygen atoms in total. The summed E-state index contributed by atoms with van der Waals surface area (Å²) < 4.78 is 6.51. The predicted octanol–water partition coefficient (Wildman–Crippen LogP) is 4.18. The Hall–Kier alpha value is -1.10. The second-order valence-corrected chi connectivity index (χ2v) is 5.68. The number of nitrogens with one attached hydrogen (secondary N) is 1. The van der Waals surface area contributed by atoms with E-state index in [1.54, 1.807) is 6.20 Å². The summed E-state index contributed by atoms with van der Waals surface area (Å²) in [6.07, 6.45) is 1.68. The van der Waals surface area contributed by atoms with Gasteiger partial charge in [-0.05, 0) is 33.1 Å². The van der Waals surface area contributed by atoms with Crippen molar-refractivity contribution in [2.45, 2.75) is 12.6 Å². The zero-order valence-corrected chi connectivity index (χ0v) is 12.4. The van der Waals surface area contributed by atoms with E-state index in [0.29, 0.717) is 18.4 Å². The minimum absolute atomic E-state index is 0.0959. The third kappa shape index (κ3) is 2.76. The molecule has 0 bridgehead atoms. The number of hydrogen-bond donors (Lipinski definition) is 1. The van der Waals surface area contributed by atoms with Crippen LogP contribution in [0.15, 0.2) is 41.0 Å². The van der Waals surface area contributed by atoms with E-state index < -0.39 is 0 Å². The molecule has 1 unspecified atom stereocenters. The van der Waals surface area contributed by atoms with Crippen molar-refractivity contribution in [3.63, 3.8) is 0 Å². The summed E-state index contributed by atoms with van der Waals surface area (Å²) in [6.45, 7) is 1.29. The van der Waals surface area contributed by atoms with Crippen LogP contribution in [0.4, 0.5) is 5.69 Å². The van der Waals surface area contributed by atoms with Gasteiger partial charge < -0.3 is 10.1 Å². The van der Waals surface area contributed by atoms with Crippen LogP contribution < -0.4 is 5.32 Å². The highest BCUT2D eigenvalue weighted by Crippen LogP contribution is 2.31. The van der Waals surface area contributed by atoms with Gasteiger partial charge >= 0.3 is 0 Å². The Balaban J connectivity index is 1.90. The number of pyridine rings is 1. The van der Waals surface area contributed by atoms with Gasteiger partial charge in [0.05, 0.1) is 24.9 Å². The molecule has 1 atom stereocenters. The maximum Gasteiger partial charge on any atom is 0.152 e. The third-order valence-corrected chi connectivity index (χ3v) is 3.84. The monoisotopic (exact) mass is 338 g/mol. The van der Waals surface area contributed by atoms with Crippen molar-refractivity contribution in [1.29, 1.82) is 0 Å². The second kappa shape index (κ2) is 5.49. The highest BCUT2D eigenvalue weighted by molar-refractivity contribution is 9.10. The fraction of sp³-hybridized carbons (Fsp3) is 0.214. The molecule has 1 N–H and O–H groups in total. The fourth-order valence-corrected chi connectivity index (χ4v) is 2.70. The quantitative estimate of drug-likeness (QED) is 0.833. The molecule has 0 saturated heterocycles. The molecule has 1 aliphatic heterocycles. The Morgan fingerprint density at radius 3 is 3.11 bits per heavy atom. The lowest BCUT2D eigenvalue weighted by Crippen LogP contribution is -2.23. The fourth-order valence-electron chi connectivity index (χ4n) is 2.21. The molecule has 2 heterocycles. The first-order chi connectivity index (χ1) is 9.24. The first-order valence-corrected chi connectivity index (χ1v) is 7.14. The molecule has 0 spiro atoms. The molecule has 1 aromatic carbocycles. The molecule has 19 heavy (non-hydrogen) atoms. The van der Waals surface area contributed by atoms with E-state index in [1.165, 1.54) is 11.1 Å². The summed E-state index contributed by atoms with van der Waals surface area (Å²) in [6, 6.07) is 10.3. The molecular weight excluding hydrogens is 328 g/mol. The van der Waals surface area contributed by atoms with Gasteiger partial charge in [0, 0.05) is 10.7 Å². The first-order valence-electron chi connectivity index (χ1n) is 5.97. The van der Waals surface area contributed by atoms with Crippen molar-refractivity contribution in [3.05, 3.63) is 57.3 Å². The van der Waals surface area contributed by atoms with Crippen LogP contribution in [-0.4, -0.2) is 11.6 Å². The van der Waals surface area contributed by atoms with Gasteiger partial charge in [-0.3, -0.25) is 0 Å². The minimum atomic E-state index is 0.0959. The van der Waals surface area contributed by atoms with Gasteiger partial charge in [0.25, 0.3) is 0 Å². The molecule has 0 saturated carbocycles. The number of benzene rings is 1. The molecule has 0 fully saturated rings. The van der Waals surface area contributed by atoms with Gasteiger partial charge in [-0.15, -0.1) is 0 Å². The number of fused-ring (bicyclic) bond motifs is 1. The lowest BCUT2D eigenvalue weighted by atomic mass is 9.99. The molecule has 1 aliphatic rings. The van der Waals surface area contributed by atoms with E-state index in [4.69, 9.17) is 16.3 Å². The van der Waals surface area contributed by atoms with E-state index in [2.05, 4.69) is 38.4 Å². The van der Waals surface area contributed by atoms with Gasteiger partial charge in [-0.1, -0.05) is 35.9 Å². The Morgan fingerprint density at radius 2 is 2.21 bits per heavy atom. The van der Waals surface area contributed by atoms with Crippen LogP contribution in [0, 0.1) is 0 Å². The predicted molar refractivity (Wildman–Crippen MR) is 79.4 cm³/mol. The zero-order chi connectivity index (χ0) is 13.2. The Kier molecular flexibility index (Phi) is 3.73. The number of ether oxygens (including phenoxy) is 1. The van der Waals surface area contributed by atoms with Crippen molar-refractivity contribution in [1.82, 2.24) is 4.98 Å². The molecule has 2 aromatic rings. The SMILES string of the molecule is Clc1ncc(Br)cc1NC1COCc2ccccc21. The Bertz CT molecular complexity index is 606. The summed E-state index contributed by atoms with van der Waals surface area (Å²) in [5, 5.41) is 3.86. The minimum Gasteiger partial charge on any atom is -0.374 e. The maximum absolute atomic E-state index is 6.11. The van der Waals surface area contributed by atoms with Crippen LogP contribution in [0.2, 0.25) is 5.15 Å². The van der Waals surface area contributed by atoms with Gasteiger partial charge in [0.2, 0.25) is 0 Å². The number of nitrogens with zero attached hydrogens (tertiary/aromatic N) is 1. The molecule has 0 amide bonds. The molecule has 98 valence electrons. The second-order valence-electron chi connectivity index (χ2n) is 4.40. The van der Waals surface area contributed by atoms with Crippen molar-refractivity contribution in [2.24, 2.45) is 0 Å². The van der Waals surface area contributed by atoms with Crippen LogP contribution >= 0.6 is 27.5 Å². The highest BCUT2D eigenvalue weighted by atomic mass is 79.9. The Morgan fingerprint density at radius 1 is 1.37 bits per heavy atom. The highest BCUT2D eigenvalue weighted by Gasteiger charge is 2.21. The van der Waals surface area contributed by atoms with E-state index in [0.717, 1.165) is 10.2 Å². The van der Waals surface area contributed by atoms with Crippen molar-refractivity contribution < 1.29 is 4.74 Å². The summed E-state index contributed by atoms with van der Waals surface area (Å²) in [7, 11) is 0. The molecule has 1 aromatic heterocycles. The van der Waals surface area contributed by atoms with Crippen LogP contribution in [0.3, 0.4) is 0 Å². The lowest BCUT2D eigenvalue weighted by Gasteiger charge is -2.27. The summed E-state index contributed by atoms with van der Waals surface area (Å²) in [5.41, 5.74) is 3.27.